The van der Waals surface area contributed by atoms with Gasteiger partial charge in [0, 0.05) is 26.2 Å². The monoisotopic (exact) mass is 383 g/mol. The number of nitrogens with zero attached hydrogens (tertiary/aromatic N) is 2. The molecule has 148 valence electrons. The summed E-state index contributed by atoms with van der Waals surface area (Å²) in [5.41, 5.74) is 1.07. The molecule has 1 saturated heterocycles. The number of hydrogen-bond acceptors (Lipinski definition) is 5. The maximum Gasteiger partial charge on any atom is 0.317 e. The van der Waals surface area contributed by atoms with E-state index in [1.807, 2.05) is 53.4 Å². The van der Waals surface area contributed by atoms with Crippen molar-refractivity contribution in [1.82, 2.24) is 10.2 Å². The van der Waals surface area contributed by atoms with E-state index in [0.717, 1.165) is 36.0 Å². The second-order valence-corrected chi connectivity index (χ2v) is 6.83. The van der Waals surface area contributed by atoms with Crippen molar-refractivity contribution in [3.8, 4) is 17.2 Å². The highest BCUT2D eigenvalue weighted by Gasteiger charge is 2.25. The number of amides is 2. The molecule has 2 aromatic carbocycles. The number of nitrogens with one attached hydrogen (secondary N) is 1. The highest BCUT2D eigenvalue weighted by molar-refractivity contribution is 5.74. The van der Waals surface area contributed by atoms with Gasteiger partial charge >= 0.3 is 6.03 Å². The number of benzene rings is 2. The predicted octanol–water partition coefficient (Wildman–Crippen LogP) is 2.37. The topological polar surface area (TPSA) is 63.3 Å². The van der Waals surface area contributed by atoms with Crippen LogP contribution in [0.4, 0.5) is 10.5 Å². The van der Waals surface area contributed by atoms with Crippen molar-refractivity contribution in [3.05, 3.63) is 48.5 Å². The van der Waals surface area contributed by atoms with E-state index in [1.165, 1.54) is 0 Å². The standard InChI is InChI=1S/C21H25N3O4/c1-26-18-7-3-2-6-17(18)23-10-12-24(13-11-23)21(25)22-14-16-15-27-19-8-4-5-9-20(19)28-16/h2-9,16H,10-15H2,1H3,(H,22,25). The summed E-state index contributed by atoms with van der Waals surface area (Å²) in [6, 6.07) is 15.5. The number of anilines is 1. The molecular weight excluding hydrogens is 358 g/mol. The van der Waals surface area contributed by atoms with Crippen LogP contribution in [0.25, 0.3) is 0 Å². The van der Waals surface area contributed by atoms with Gasteiger partial charge in [0.05, 0.1) is 19.3 Å². The summed E-state index contributed by atoms with van der Waals surface area (Å²) in [4.78, 5) is 16.6. The van der Waals surface area contributed by atoms with Crippen molar-refractivity contribution in [2.24, 2.45) is 0 Å². The number of ether oxygens (including phenoxy) is 3. The summed E-state index contributed by atoms with van der Waals surface area (Å²) in [5.74, 6) is 2.33. The first-order valence-corrected chi connectivity index (χ1v) is 9.54. The molecule has 2 amide bonds. The molecule has 2 heterocycles. The van der Waals surface area contributed by atoms with Gasteiger partial charge in [0.15, 0.2) is 17.6 Å². The third-order valence-electron chi connectivity index (χ3n) is 5.04. The van der Waals surface area contributed by atoms with E-state index in [4.69, 9.17) is 14.2 Å². The van der Waals surface area contributed by atoms with Crippen molar-refractivity contribution in [2.45, 2.75) is 6.10 Å². The van der Waals surface area contributed by atoms with Crippen molar-refractivity contribution >= 4 is 11.7 Å². The Balaban J connectivity index is 1.26. The molecule has 1 unspecified atom stereocenters. The van der Waals surface area contributed by atoms with Crippen molar-refractivity contribution in [2.75, 3.05) is 51.3 Å². The fourth-order valence-electron chi connectivity index (χ4n) is 3.52. The Kier molecular flexibility index (Phi) is 5.41. The number of urea groups is 1. The highest BCUT2D eigenvalue weighted by atomic mass is 16.6. The zero-order valence-electron chi connectivity index (χ0n) is 16.0. The predicted molar refractivity (Wildman–Crippen MR) is 107 cm³/mol. The van der Waals surface area contributed by atoms with Gasteiger partial charge in [0.1, 0.15) is 12.4 Å². The Hall–Kier alpha value is -3.09. The lowest BCUT2D eigenvalue weighted by Gasteiger charge is -2.36. The molecule has 2 aliphatic heterocycles. The van der Waals surface area contributed by atoms with E-state index in [-0.39, 0.29) is 12.1 Å². The normalized spacial score (nSPS) is 18.5. The van der Waals surface area contributed by atoms with E-state index >= 15 is 0 Å². The Morgan fingerprint density at radius 2 is 1.79 bits per heavy atom. The average Bonchev–Trinajstić information content (AvgIpc) is 2.77. The molecule has 1 fully saturated rings. The number of piperazine rings is 1. The molecule has 2 aromatic rings. The second-order valence-electron chi connectivity index (χ2n) is 6.83. The first-order chi connectivity index (χ1) is 13.7. The molecule has 0 saturated carbocycles. The first kappa shape index (κ1) is 18.3. The van der Waals surface area contributed by atoms with Crippen LogP contribution in [0.15, 0.2) is 48.5 Å². The van der Waals surface area contributed by atoms with Crippen LogP contribution in [0.2, 0.25) is 0 Å². The molecule has 1 N–H and O–H groups in total. The minimum Gasteiger partial charge on any atom is -0.495 e. The smallest absolute Gasteiger partial charge is 0.317 e. The number of para-hydroxylation sites is 4. The number of carbonyl (C=O) groups excluding carboxylic acids is 1. The van der Waals surface area contributed by atoms with Crippen LogP contribution in [0.5, 0.6) is 17.2 Å². The quantitative estimate of drug-likeness (QED) is 0.878. The summed E-state index contributed by atoms with van der Waals surface area (Å²) in [6.45, 7) is 3.71. The van der Waals surface area contributed by atoms with Crippen LogP contribution < -0.4 is 24.4 Å². The number of carbonyl (C=O) groups is 1. The van der Waals surface area contributed by atoms with Gasteiger partial charge in [0.25, 0.3) is 0 Å². The zero-order chi connectivity index (χ0) is 19.3. The maximum absolute atomic E-state index is 12.5. The van der Waals surface area contributed by atoms with Gasteiger partial charge < -0.3 is 29.3 Å². The lowest BCUT2D eigenvalue weighted by Crippen LogP contribution is -2.53. The molecule has 28 heavy (non-hydrogen) atoms. The summed E-state index contributed by atoms with van der Waals surface area (Å²) in [6.07, 6.45) is -0.186. The van der Waals surface area contributed by atoms with E-state index in [1.54, 1.807) is 7.11 Å². The number of fused-ring (bicyclic) bond motifs is 1. The average molecular weight is 383 g/mol. The van der Waals surface area contributed by atoms with E-state index in [9.17, 15) is 4.79 Å². The minimum atomic E-state index is -0.186. The summed E-state index contributed by atoms with van der Waals surface area (Å²) in [5, 5.41) is 2.97. The lowest BCUT2D eigenvalue weighted by molar-refractivity contribution is 0.0900. The molecule has 7 nitrogen and oxygen atoms in total. The molecule has 4 rings (SSSR count). The highest BCUT2D eigenvalue weighted by Crippen LogP contribution is 2.31. The molecule has 0 radical (unpaired) electrons. The van der Waals surface area contributed by atoms with Crippen LogP contribution in [0, 0.1) is 0 Å². The maximum atomic E-state index is 12.5. The SMILES string of the molecule is COc1ccccc1N1CCN(C(=O)NCC2COc3ccccc3O2)CC1. The summed E-state index contributed by atoms with van der Waals surface area (Å²) < 4.78 is 17.0. The van der Waals surface area contributed by atoms with E-state index < -0.39 is 0 Å². The Morgan fingerprint density at radius 3 is 2.57 bits per heavy atom. The fraction of sp³-hybridized carbons (Fsp3) is 0.381. The van der Waals surface area contributed by atoms with Crippen LogP contribution in [-0.4, -0.2) is 63.5 Å². The number of rotatable bonds is 4. The van der Waals surface area contributed by atoms with Gasteiger partial charge in [-0.3, -0.25) is 0 Å². The number of methoxy groups -OCH3 is 1. The van der Waals surface area contributed by atoms with Crippen LogP contribution in [0.1, 0.15) is 0 Å². The molecule has 2 aliphatic rings. The van der Waals surface area contributed by atoms with Gasteiger partial charge in [-0.05, 0) is 24.3 Å². The van der Waals surface area contributed by atoms with Crippen molar-refractivity contribution in [3.63, 3.8) is 0 Å². The molecule has 0 bridgehead atoms. The third kappa shape index (κ3) is 3.93. The van der Waals surface area contributed by atoms with Crippen LogP contribution in [0.3, 0.4) is 0 Å². The van der Waals surface area contributed by atoms with Crippen LogP contribution >= 0.6 is 0 Å². The molecule has 1 atom stereocenters. The molecule has 0 aliphatic carbocycles. The number of hydrogen-bond donors (Lipinski definition) is 1. The minimum absolute atomic E-state index is 0.0675. The van der Waals surface area contributed by atoms with Crippen LogP contribution in [-0.2, 0) is 0 Å². The third-order valence-corrected chi connectivity index (χ3v) is 5.04. The molecule has 7 heteroatoms. The Labute approximate surface area is 164 Å². The Bertz CT molecular complexity index is 821. The summed E-state index contributed by atoms with van der Waals surface area (Å²) in [7, 11) is 1.68. The van der Waals surface area contributed by atoms with E-state index in [0.29, 0.717) is 26.2 Å². The van der Waals surface area contributed by atoms with E-state index in [2.05, 4.69) is 10.2 Å². The second kappa shape index (κ2) is 8.29. The zero-order valence-corrected chi connectivity index (χ0v) is 16.0. The van der Waals surface area contributed by atoms with Gasteiger partial charge in [-0.25, -0.2) is 4.79 Å². The Morgan fingerprint density at radius 1 is 1.07 bits per heavy atom. The fourth-order valence-corrected chi connectivity index (χ4v) is 3.52. The lowest BCUT2D eigenvalue weighted by atomic mass is 10.2. The van der Waals surface area contributed by atoms with Gasteiger partial charge in [0.2, 0.25) is 0 Å². The molecule has 0 spiro atoms. The molecule has 0 aromatic heterocycles. The van der Waals surface area contributed by atoms with Gasteiger partial charge in [-0.15, -0.1) is 0 Å². The summed E-state index contributed by atoms with van der Waals surface area (Å²) >= 11 is 0. The van der Waals surface area contributed by atoms with Gasteiger partial charge in [-0.2, -0.15) is 0 Å². The molecular formula is C21H25N3O4. The van der Waals surface area contributed by atoms with Crippen molar-refractivity contribution < 1.29 is 19.0 Å². The largest absolute Gasteiger partial charge is 0.495 e. The van der Waals surface area contributed by atoms with Crippen molar-refractivity contribution in [1.29, 1.82) is 0 Å². The van der Waals surface area contributed by atoms with Gasteiger partial charge in [-0.1, -0.05) is 24.3 Å². The first-order valence-electron chi connectivity index (χ1n) is 9.54.